The first-order valence-electron chi connectivity index (χ1n) is 10.7. The molecule has 2 unspecified atom stereocenters. The van der Waals surface area contributed by atoms with Crippen molar-refractivity contribution in [2.45, 2.75) is 49.4 Å². The van der Waals surface area contributed by atoms with Crippen molar-refractivity contribution in [1.82, 2.24) is 9.80 Å². The summed E-state index contributed by atoms with van der Waals surface area (Å²) < 4.78 is 20.2. The molecule has 4 nitrogen and oxygen atoms in total. The normalized spacial score (nSPS) is 33.1. The van der Waals surface area contributed by atoms with Crippen molar-refractivity contribution in [3.8, 4) is 0 Å². The molecule has 1 aliphatic carbocycles. The van der Waals surface area contributed by atoms with Crippen LogP contribution in [0.1, 0.15) is 42.0 Å². The maximum absolute atomic E-state index is 13.6. The second kappa shape index (κ2) is 6.30. The number of benzene rings is 2. The number of aliphatic imine (C=N–C) groups is 1. The summed E-state index contributed by atoms with van der Waals surface area (Å²) in [5, 5.41) is 0. The molecule has 0 amide bonds. The van der Waals surface area contributed by atoms with Crippen LogP contribution in [0.4, 0.5) is 4.39 Å². The van der Waals surface area contributed by atoms with Gasteiger partial charge in [-0.15, -0.1) is 0 Å². The van der Waals surface area contributed by atoms with Crippen molar-refractivity contribution in [2.75, 3.05) is 20.1 Å². The van der Waals surface area contributed by atoms with Crippen molar-refractivity contribution < 1.29 is 9.13 Å². The molecule has 150 valence electrons. The molecule has 4 heterocycles. The minimum absolute atomic E-state index is 0.00949. The van der Waals surface area contributed by atoms with Gasteiger partial charge in [0.05, 0.1) is 12.6 Å². The Morgan fingerprint density at radius 3 is 2.59 bits per heavy atom. The number of ether oxygens (including phenoxy) is 1. The van der Waals surface area contributed by atoms with Crippen LogP contribution >= 0.6 is 0 Å². The number of amidine groups is 1. The van der Waals surface area contributed by atoms with Crippen LogP contribution in [0, 0.1) is 5.82 Å². The smallest absolute Gasteiger partial charge is 0.288 e. The van der Waals surface area contributed by atoms with Crippen LogP contribution < -0.4 is 0 Å². The van der Waals surface area contributed by atoms with Gasteiger partial charge >= 0.3 is 0 Å². The molecule has 5 heteroatoms. The summed E-state index contributed by atoms with van der Waals surface area (Å²) in [4.78, 5) is 9.70. The van der Waals surface area contributed by atoms with Gasteiger partial charge < -0.3 is 14.5 Å². The van der Waals surface area contributed by atoms with Crippen molar-refractivity contribution in [2.24, 2.45) is 4.99 Å². The quantitative estimate of drug-likeness (QED) is 0.741. The van der Waals surface area contributed by atoms with E-state index in [2.05, 4.69) is 41.1 Å². The highest BCUT2D eigenvalue weighted by Crippen LogP contribution is 2.47. The monoisotopic (exact) mass is 391 g/mol. The average molecular weight is 391 g/mol. The molecule has 7 rings (SSSR count). The SMILES string of the molecule is CN1C2CC1CC1(CN=C(N3CCc4ccccc4[C@@H]3c3ccc(F)cc3)O1)C2. The van der Waals surface area contributed by atoms with Crippen LogP contribution in [0.3, 0.4) is 0 Å². The molecule has 5 aliphatic rings. The zero-order chi connectivity index (χ0) is 19.6. The molecule has 1 spiro atoms. The number of piperidine rings is 1. The zero-order valence-corrected chi connectivity index (χ0v) is 16.7. The van der Waals surface area contributed by atoms with Gasteiger partial charge in [-0.1, -0.05) is 36.4 Å². The lowest BCUT2D eigenvalue weighted by Crippen LogP contribution is -2.65. The van der Waals surface area contributed by atoms with Crippen molar-refractivity contribution >= 4 is 6.02 Å². The predicted molar refractivity (Wildman–Crippen MR) is 110 cm³/mol. The Balaban J connectivity index is 1.33. The fourth-order valence-corrected chi connectivity index (χ4v) is 5.81. The molecule has 0 radical (unpaired) electrons. The third-order valence-electron chi connectivity index (χ3n) is 7.44. The van der Waals surface area contributed by atoms with Crippen LogP contribution in [0.5, 0.6) is 0 Å². The van der Waals surface area contributed by atoms with Crippen LogP contribution in [-0.4, -0.2) is 53.6 Å². The lowest BCUT2D eigenvalue weighted by Gasteiger charge is -2.56. The second-order valence-corrected chi connectivity index (χ2v) is 9.10. The van der Waals surface area contributed by atoms with Gasteiger partial charge in [0.25, 0.3) is 6.02 Å². The fraction of sp³-hybridized carbons (Fsp3) is 0.458. The van der Waals surface area contributed by atoms with E-state index < -0.39 is 0 Å². The van der Waals surface area contributed by atoms with Crippen molar-refractivity contribution in [3.05, 3.63) is 71.0 Å². The van der Waals surface area contributed by atoms with Crippen LogP contribution in [0.15, 0.2) is 53.5 Å². The van der Waals surface area contributed by atoms with E-state index in [4.69, 9.17) is 9.73 Å². The lowest BCUT2D eigenvalue weighted by molar-refractivity contribution is -0.108. The van der Waals surface area contributed by atoms with E-state index in [-0.39, 0.29) is 17.5 Å². The molecule has 0 N–H and O–H groups in total. The number of fused-ring (bicyclic) bond motifs is 1. The van der Waals surface area contributed by atoms with Crippen LogP contribution in [-0.2, 0) is 11.2 Å². The minimum atomic E-state index is -0.205. The van der Waals surface area contributed by atoms with Gasteiger partial charge in [0.15, 0.2) is 0 Å². The molecule has 2 bridgehead atoms. The molecule has 4 aliphatic heterocycles. The maximum atomic E-state index is 13.6. The lowest BCUT2D eigenvalue weighted by atomic mass is 9.71. The first-order valence-corrected chi connectivity index (χ1v) is 10.7. The number of nitrogens with zero attached hydrogens (tertiary/aromatic N) is 3. The van der Waals surface area contributed by atoms with Gasteiger partial charge in [0, 0.05) is 31.5 Å². The highest BCUT2D eigenvalue weighted by molar-refractivity contribution is 5.78. The Labute approximate surface area is 171 Å². The first kappa shape index (κ1) is 17.5. The van der Waals surface area contributed by atoms with E-state index in [1.165, 1.54) is 17.5 Å². The van der Waals surface area contributed by atoms with E-state index in [9.17, 15) is 4.39 Å². The zero-order valence-electron chi connectivity index (χ0n) is 16.7. The molecule has 2 aromatic rings. The minimum Gasteiger partial charge on any atom is -0.456 e. The maximum Gasteiger partial charge on any atom is 0.288 e. The fourth-order valence-electron chi connectivity index (χ4n) is 5.81. The van der Waals surface area contributed by atoms with Crippen molar-refractivity contribution in [1.29, 1.82) is 0 Å². The largest absolute Gasteiger partial charge is 0.456 e. The summed E-state index contributed by atoms with van der Waals surface area (Å²) in [5.74, 6) is -0.205. The third kappa shape index (κ3) is 2.71. The highest BCUT2D eigenvalue weighted by atomic mass is 19.1. The molecule has 2 saturated heterocycles. The van der Waals surface area contributed by atoms with Gasteiger partial charge in [-0.2, -0.15) is 0 Å². The molecular formula is C24H26FN3O. The van der Waals surface area contributed by atoms with E-state index in [0.717, 1.165) is 43.9 Å². The van der Waals surface area contributed by atoms with Gasteiger partial charge in [-0.05, 0) is 48.7 Å². The summed E-state index contributed by atoms with van der Waals surface area (Å²) in [5.41, 5.74) is 3.58. The summed E-state index contributed by atoms with van der Waals surface area (Å²) in [6.07, 6.45) is 4.40. The highest BCUT2D eigenvalue weighted by Gasteiger charge is 2.55. The Hall–Kier alpha value is -2.40. The Morgan fingerprint density at radius 2 is 1.83 bits per heavy atom. The number of halogens is 1. The van der Waals surface area contributed by atoms with Crippen LogP contribution in [0.2, 0.25) is 0 Å². The van der Waals surface area contributed by atoms with E-state index in [0.29, 0.717) is 12.1 Å². The second-order valence-electron chi connectivity index (χ2n) is 9.10. The average Bonchev–Trinajstić information content (AvgIpc) is 3.15. The van der Waals surface area contributed by atoms with Gasteiger partial charge in [-0.25, -0.2) is 9.38 Å². The van der Waals surface area contributed by atoms with E-state index >= 15 is 0 Å². The van der Waals surface area contributed by atoms with Crippen LogP contribution in [0.25, 0.3) is 0 Å². The number of rotatable bonds is 1. The Kier molecular flexibility index (Phi) is 3.79. The molecule has 1 saturated carbocycles. The standard InChI is InChI=1S/C24H26FN3O/c1-27-19-12-20(27)14-24(13-19)15-26-23(29-24)28-11-10-16-4-2-3-5-21(16)22(28)17-6-8-18(25)9-7-17/h2-9,19-20,22H,10-15H2,1H3/t19?,20?,22-,24?/m0/s1. The van der Waals surface area contributed by atoms with Crippen molar-refractivity contribution in [3.63, 3.8) is 0 Å². The topological polar surface area (TPSA) is 28.1 Å². The third-order valence-corrected chi connectivity index (χ3v) is 7.44. The first-order chi connectivity index (χ1) is 14.1. The number of hydrogen-bond acceptors (Lipinski definition) is 4. The molecule has 0 aromatic heterocycles. The molecule has 3 fully saturated rings. The van der Waals surface area contributed by atoms with Gasteiger partial charge in [-0.3, -0.25) is 0 Å². The van der Waals surface area contributed by atoms with E-state index in [1.807, 2.05) is 12.1 Å². The molecule has 2 aromatic carbocycles. The Bertz CT molecular complexity index is 960. The predicted octanol–water partition coefficient (Wildman–Crippen LogP) is 3.76. The summed E-state index contributed by atoms with van der Waals surface area (Å²) >= 11 is 0. The molecule has 29 heavy (non-hydrogen) atoms. The van der Waals surface area contributed by atoms with Gasteiger partial charge in [0.2, 0.25) is 0 Å². The summed E-state index contributed by atoms with van der Waals surface area (Å²) in [6, 6.07) is 17.5. The summed E-state index contributed by atoms with van der Waals surface area (Å²) in [6.45, 7) is 1.62. The number of hydrogen-bond donors (Lipinski definition) is 0. The Morgan fingerprint density at radius 1 is 1.07 bits per heavy atom. The van der Waals surface area contributed by atoms with E-state index in [1.54, 1.807) is 12.1 Å². The van der Waals surface area contributed by atoms with Gasteiger partial charge in [0.1, 0.15) is 11.4 Å². The molecule has 3 atom stereocenters. The molecular weight excluding hydrogens is 365 g/mol. The summed E-state index contributed by atoms with van der Waals surface area (Å²) in [7, 11) is 2.23.